The van der Waals surface area contributed by atoms with Crippen molar-refractivity contribution in [1.29, 1.82) is 0 Å². The van der Waals surface area contributed by atoms with Crippen molar-refractivity contribution in [2.45, 2.75) is 49.9 Å². The van der Waals surface area contributed by atoms with Crippen LogP contribution in [0, 0.1) is 6.92 Å². The third kappa shape index (κ3) is 4.76. The van der Waals surface area contributed by atoms with Crippen LogP contribution in [0.5, 0.6) is 0 Å². The molecule has 0 aliphatic carbocycles. The zero-order valence-corrected chi connectivity index (χ0v) is 16.6. The molecule has 0 amide bonds. The van der Waals surface area contributed by atoms with Crippen LogP contribution in [-0.4, -0.2) is 27.7 Å². The molecule has 1 fully saturated rings. The second-order valence-corrected chi connectivity index (χ2v) is 8.34. The van der Waals surface area contributed by atoms with Gasteiger partial charge in [-0.25, -0.2) is 0 Å². The number of rotatable bonds is 7. The molecule has 0 N–H and O–H groups in total. The van der Waals surface area contributed by atoms with Crippen molar-refractivity contribution in [3.8, 4) is 0 Å². The summed E-state index contributed by atoms with van der Waals surface area (Å²) in [6.45, 7) is 4.58. The molecule has 0 saturated carbocycles. The van der Waals surface area contributed by atoms with Crippen LogP contribution in [-0.2, 0) is 29.6 Å². The normalized spacial score (nSPS) is 23.3. The molecule has 27 heavy (non-hydrogen) atoms. The first kappa shape index (κ1) is 20.0. The van der Waals surface area contributed by atoms with E-state index in [0.29, 0.717) is 25.9 Å². The van der Waals surface area contributed by atoms with Crippen molar-refractivity contribution in [3.63, 3.8) is 0 Å². The lowest BCUT2D eigenvalue weighted by Gasteiger charge is -2.41. The van der Waals surface area contributed by atoms with E-state index in [9.17, 15) is 8.42 Å². The third-order valence-corrected chi connectivity index (χ3v) is 6.13. The highest BCUT2D eigenvalue weighted by molar-refractivity contribution is 7.86. The predicted octanol–water partition coefficient (Wildman–Crippen LogP) is 4.16. The van der Waals surface area contributed by atoms with E-state index in [0.717, 1.165) is 11.1 Å². The highest BCUT2D eigenvalue weighted by atomic mass is 32.2. The van der Waals surface area contributed by atoms with Crippen molar-refractivity contribution in [2.75, 3.05) is 13.2 Å². The van der Waals surface area contributed by atoms with Crippen LogP contribution in [0.3, 0.4) is 0 Å². The first-order chi connectivity index (χ1) is 13.0. The fourth-order valence-corrected chi connectivity index (χ4v) is 4.14. The van der Waals surface area contributed by atoms with E-state index in [1.807, 2.05) is 44.2 Å². The Bertz CT molecular complexity index is 833. The molecule has 3 rings (SSSR count). The highest BCUT2D eigenvalue weighted by Gasteiger charge is 2.38. The molecule has 2 aromatic rings. The molecule has 2 aromatic carbocycles. The monoisotopic (exact) mass is 390 g/mol. The predicted molar refractivity (Wildman–Crippen MR) is 103 cm³/mol. The topological polar surface area (TPSA) is 61.8 Å². The van der Waals surface area contributed by atoms with Gasteiger partial charge >= 0.3 is 0 Å². The summed E-state index contributed by atoms with van der Waals surface area (Å²) in [5.74, 6) is -0.778. The molecule has 146 valence electrons. The summed E-state index contributed by atoms with van der Waals surface area (Å²) in [5.41, 5.74) is 1.98. The van der Waals surface area contributed by atoms with Gasteiger partial charge in [-0.05, 0) is 31.9 Å². The largest absolute Gasteiger partial charge is 0.346 e. The molecule has 6 heteroatoms. The molecule has 1 aliphatic heterocycles. The SMILES string of the molecule is CC[C@@]1(c2ccccc2)OCC[C@@H](CCOS(=O)(=O)c2ccc(C)cc2)O1. The van der Waals surface area contributed by atoms with Gasteiger partial charge in [0.1, 0.15) is 0 Å². The summed E-state index contributed by atoms with van der Waals surface area (Å²) in [6, 6.07) is 16.5. The van der Waals surface area contributed by atoms with Crippen LogP contribution in [0.1, 0.15) is 37.3 Å². The van der Waals surface area contributed by atoms with E-state index < -0.39 is 15.9 Å². The summed E-state index contributed by atoms with van der Waals surface area (Å²) in [7, 11) is -3.75. The molecule has 0 spiro atoms. The van der Waals surface area contributed by atoms with E-state index in [1.165, 1.54) is 0 Å². The average molecular weight is 391 g/mol. The maximum absolute atomic E-state index is 12.3. The molecule has 5 nitrogen and oxygen atoms in total. The number of hydrogen-bond acceptors (Lipinski definition) is 5. The zero-order chi connectivity index (χ0) is 19.3. The fraction of sp³-hybridized carbons (Fsp3) is 0.429. The molecule has 1 aliphatic rings. The molecule has 1 saturated heterocycles. The van der Waals surface area contributed by atoms with Gasteiger partial charge in [0.05, 0.1) is 24.2 Å². The van der Waals surface area contributed by atoms with E-state index in [4.69, 9.17) is 13.7 Å². The first-order valence-electron chi connectivity index (χ1n) is 9.28. The van der Waals surface area contributed by atoms with Gasteiger partial charge in [-0.3, -0.25) is 4.18 Å². The van der Waals surface area contributed by atoms with Gasteiger partial charge in [0, 0.05) is 12.0 Å². The van der Waals surface area contributed by atoms with Crippen LogP contribution in [0.2, 0.25) is 0 Å². The molecule has 0 radical (unpaired) electrons. The van der Waals surface area contributed by atoms with E-state index in [-0.39, 0.29) is 17.6 Å². The van der Waals surface area contributed by atoms with Gasteiger partial charge in [0.15, 0.2) is 5.79 Å². The van der Waals surface area contributed by atoms with E-state index in [1.54, 1.807) is 24.3 Å². The third-order valence-electron chi connectivity index (χ3n) is 4.80. The lowest BCUT2D eigenvalue weighted by molar-refractivity contribution is -0.305. The Morgan fingerprint density at radius 3 is 2.48 bits per heavy atom. The van der Waals surface area contributed by atoms with Crippen molar-refractivity contribution in [3.05, 3.63) is 65.7 Å². The van der Waals surface area contributed by atoms with Gasteiger partial charge in [0.2, 0.25) is 0 Å². The lowest BCUT2D eigenvalue weighted by Crippen LogP contribution is -2.42. The Labute approximate surface area is 161 Å². The minimum Gasteiger partial charge on any atom is -0.346 e. The van der Waals surface area contributed by atoms with Crippen molar-refractivity contribution < 1.29 is 22.1 Å². The van der Waals surface area contributed by atoms with Crippen molar-refractivity contribution >= 4 is 10.1 Å². The fourth-order valence-electron chi connectivity index (χ4n) is 3.22. The minimum atomic E-state index is -3.75. The van der Waals surface area contributed by atoms with E-state index >= 15 is 0 Å². The van der Waals surface area contributed by atoms with E-state index in [2.05, 4.69) is 0 Å². The second kappa shape index (κ2) is 8.52. The number of aryl methyl sites for hydroxylation is 1. The molecule has 0 aromatic heterocycles. The van der Waals surface area contributed by atoms with Crippen molar-refractivity contribution in [2.24, 2.45) is 0 Å². The van der Waals surface area contributed by atoms with Crippen LogP contribution in [0.4, 0.5) is 0 Å². The van der Waals surface area contributed by atoms with Crippen molar-refractivity contribution in [1.82, 2.24) is 0 Å². The highest BCUT2D eigenvalue weighted by Crippen LogP contribution is 2.37. The summed E-state index contributed by atoms with van der Waals surface area (Å²) < 4.78 is 42.0. The van der Waals surface area contributed by atoms with Gasteiger partial charge in [-0.1, -0.05) is 55.0 Å². The minimum absolute atomic E-state index is 0.0788. The Morgan fingerprint density at radius 1 is 1.11 bits per heavy atom. The summed E-state index contributed by atoms with van der Waals surface area (Å²) >= 11 is 0. The van der Waals surface area contributed by atoms with Gasteiger partial charge in [-0.15, -0.1) is 0 Å². The molecular weight excluding hydrogens is 364 g/mol. The van der Waals surface area contributed by atoms with Gasteiger partial charge < -0.3 is 9.47 Å². The average Bonchev–Trinajstić information content (AvgIpc) is 2.69. The standard InChI is InChI=1S/C21H26O5S/c1-3-21(18-7-5-4-6-8-18)24-15-13-19(26-21)14-16-25-27(22,23)20-11-9-17(2)10-12-20/h4-12,19H,3,13-16H2,1-2H3/t19-,21+/m0/s1. The van der Waals surface area contributed by atoms with Gasteiger partial charge in [0.25, 0.3) is 10.1 Å². The molecule has 2 atom stereocenters. The first-order valence-corrected chi connectivity index (χ1v) is 10.7. The quantitative estimate of drug-likeness (QED) is 0.665. The Hall–Kier alpha value is -1.73. The molecule has 1 heterocycles. The number of ether oxygens (including phenoxy) is 2. The molecule has 0 unspecified atom stereocenters. The lowest BCUT2D eigenvalue weighted by atomic mass is 10.0. The summed E-state index contributed by atoms with van der Waals surface area (Å²) in [4.78, 5) is 0.174. The maximum atomic E-state index is 12.3. The summed E-state index contributed by atoms with van der Waals surface area (Å²) in [5, 5.41) is 0. The smallest absolute Gasteiger partial charge is 0.296 e. The molecule has 0 bridgehead atoms. The zero-order valence-electron chi connectivity index (χ0n) is 15.8. The van der Waals surface area contributed by atoms with Crippen LogP contribution in [0.15, 0.2) is 59.5 Å². The molecular formula is C21H26O5S. The van der Waals surface area contributed by atoms with Crippen LogP contribution >= 0.6 is 0 Å². The van der Waals surface area contributed by atoms with Crippen LogP contribution in [0.25, 0.3) is 0 Å². The van der Waals surface area contributed by atoms with Gasteiger partial charge in [-0.2, -0.15) is 8.42 Å². The van der Waals surface area contributed by atoms with Crippen LogP contribution < -0.4 is 0 Å². The second-order valence-electron chi connectivity index (χ2n) is 6.73. The Balaban J connectivity index is 1.60. The summed E-state index contributed by atoms with van der Waals surface area (Å²) in [6.07, 6.45) is 1.76. The number of benzene rings is 2. The number of hydrogen-bond donors (Lipinski definition) is 0. The Morgan fingerprint density at radius 2 is 1.81 bits per heavy atom. The maximum Gasteiger partial charge on any atom is 0.296 e. The Kier molecular flexibility index (Phi) is 6.32.